The summed E-state index contributed by atoms with van der Waals surface area (Å²) in [5, 5.41) is 12.1. The molecule has 5 heteroatoms. The van der Waals surface area contributed by atoms with Crippen LogP contribution in [0.4, 0.5) is 0 Å². The summed E-state index contributed by atoms with van der Waals surface area (Å²) < 4.78 is 0. The molecule has 0 aliphatic carbocycles. The first-order chi connectivity index (χ1) is 11.4. The molecule has 2 unspecified atom stereocenters. The molecule has 5 nitrogen and oxygen atoms in total. The van der Waals surface area contributed by atoms with Gasteiger partial charge in [-0.2, -0.15) is 0 Å². The van der Waals surface area contributed by atoms with Crippen LogP contribution in [0.15, 0.2) is 24.3 Å². The molecule has 0 spiro atoms. The summed E-state index contributed by atoms with van der Waals surface area (Å²) in [5.41, 5.74) is 2.36. The molecule has 1 amide bonds. The van der Waals surface area contributed by atoms with Gasteiger partial charge < -0.3 is 10.4 Å². The molecule has 0 bridgehead atoms. The summed E-state index contributed by atoms with van der Waals surface area (Å²) in [4.78, 5) is 25.1. The van der Waals surface area contributed by atoms with Crippen molar-refractivity contribution in [2.75, 3.05) is 13.1 Å². The monoisotopic (exact) mass is 332 g/mol. The Kier molecular flexibility index (Phi) is 6.37. The number of nitrogens with zero attached hydrogens (tertiary/aromatic N) is 1. The molecule has 0 aromatic heterocycles. The van der Waals surface area contributed by atoms with Crippen molar-refractivity contribution in [3.8, 4) is 0 Å². The largest absolute Gasteiger partial charge is 0.480 e. The molecule has 1 aromatic rings. The van der Waals surface area contributed by atoms with Crippen molar-refractivity contribution in [1.82, 2.24) is 10.2 Å². The summed E-state index contributed by atoms with van der Waals surface area (Å²) in [6.07, 6.45) is 2.50. The first-order valence-corrected chi connectivity index (χ1v) is 8.72. The summed E-state index contributed by atoms with van der Waals surface area (Å²) in [5.74, 6) is -0.341. The molecule has 0 radical (unpaired) electrons. The van der Waals surface area contributed by atoms with Crippen LogP contribution in [0.3, 0.4) is 0 Å². The number of amides is 1. The quantitative estimate of drug-likeness (QED) is 0.805. The third-order valence-electron chi connectivity index (χ3n) is 4.50. The van der Waals surface area contributed by atoms with Crippen LogP contribution in [0.1, 0.15) is 50.8 Å². The van der Waals surface area contributed by atoms with Gasteiger partial charge in [0.15, 0.2) is 0 Å². The standard InChI is InChI=1S/C19H28N2O3/c1-13(2)11-15-6-8-16(9-7-15)14(3)20-18(22)12-21-10-4-5-17(21)19(23)24/h6-9,13-14,17H,4-5,10-12H2,1-3H3,(H,20,22)(H,23,24). The molecule has 0 saturated carbocycles. The smallest absolute Gasteiger partial charge is 0.320 e. The van der Waals surface area contributed by atoms with Gasteiger partial charge >= 0.3 is 5.97 Å². The van der Waals surface area contributed by atoms with Gasteiger partial charge in [-0.15, -0.1) is 0 Å². The van der Waals surface area contributed by atoms with Crippen LogP contribution in [0.5, 0.6) is 0 Å². The number of likely N-dealkylation sites (tertiary alicyclic amines) is 1. The second-order valence-electron chi connectivity index (χ2n) is 7.10. The van der Waals surface area contributed by atoms with E-state index in [4.69, 9.17) is 0 Å². The number of rotatable bonds is 7. The number of hydrogen-bond donors (Lipinski definition) is 2. The maximum atomic E-state index is 12.2. The van der Waals surface area contributed by atoms with Gasteiger partial charge in [-0.05, 0) is 49.8 Å². The Balaban J connectivity index is 1.88. The van der Waals surface area contributed by atoms with Crippen LogP contribution in [0.25, 0.3) is 0 Å². The van der Waals surface area contributed by atoms with Gasteiger partial charge in [-0.1, -0.05) is 38.1 Å². The molecular formula is C19H28N2O3. The minimum Gasteiger partial charge on any atom is -0.480 e. The third-order valence-corrected chi connectivity index (χ3v) is 4.50. The van der Waals surface area contributed by atoms with Crippen molar-refractivity contribution in [2.45, 2.75) is 52.1 Å². The minimum atomic E-state index is -0.839. The van der Waals surface area contributed by atoms with Crippen molar-refractivity contribution in [3.05, 3.63) is 35.4 Å². The highest BCUT2D eigenvalue weighted by molar-refractivity contribution is 5.80. The average Bonchev–Trinajstić information content (AvgIpc) is 2.95. The molecule has 24 heavy (non-hydrogen) atoms. The van der Waals surface area contributed by atoms with Gasteiger partial charge in [-0.25, -0.2) is 0 Å². The molecular weight excluding hydrogens is 304 g/mol. The Morgan fingerprint density at radius 3 is 2.50 bits per heavy atom. The van der Waals surface area contributed by atoms with E-state index in [1.54, 1.807) is 4.90 Å². The van der Waals surface area contributed by atoms with Gasteiger partial charge in [0, 0.05) is 0 Å². The van der Waals surface area contributed by atoms with E-state index in [0.717, 1.165) is 18.4 Å². The van der Waals surface area contributed by atoms with Gasteiger partial charge in [0.05, 0.1) is 12.6 Å². The number of carbonyl (C=O) groups is 2. The highest BCUT2D eigenvalue weighted by Crippen LogP contribution is 2.18. The van der Waals surface area contributed by atoms with E-state index in [9.17, 15) is 14.7 Å². The summed E-state index contributed by atoms with van der Waals surface area (Å²) in [6.45, 7) is 7.16. The molecule has 2 rings (SSSR count). The van der Waals surface area contributed by atoms with E-state index in [0.29, 0.717) is 18.9 Å². The van der Waals surface area contributed by atoms with Crippen molar-refractivity contribution in [3.63, 3.8) is 0 Å². The molecule has 1 aliphatic rings. The van der Waals surface area contributed by atoms with Crippen LogP contribution < -0.4 is 5.32 Å². The number of aliphatic carboxylic acids is 1. The van der Waals surface area contributed by atoms with Crippen molar-refractivity contribution in [1.29, 1.82) is 0 Å². The maximum Gasteiger partial charge on any atom is 0.320 e. The van der Waals surface area contributed by atoms with Crippen LogP contribution in [-0.4, -0.2) is 41.0 Å². The number of carboxylic acids is 1. The lowest BCUT2D eigenvalue weighted by Crippen LogP contribution is -2.43. The first kappa shape index (κ1) is 18.5. The minimum absolute atomic E-state index is 0.0866. The molecule has 2 N–H and O–H groups in total. The molecule has 1 aromatic carbocycles. The van der Waals surface area contributed by atoms with Crippen LogP contribution >= 0.6 is 0 Å². The van der Waals surface area contributed by atoms with Gasteiger partial charge in [0.25, 0.3) is 0 Å². The number of benzene rings is 1. The van der Waals surface area contributed by atoms with Gasteiger partial charge in [-0.3, -0.25) is 14.5 Å². The highest BCUT2D eigenvalue weighted by Gasteiger charge is 2.31. The van der Waals surface area contributed by atoms with E-state index in [1.165, 1.54) is 5.56 Å². The molecule has 1 fully saturated rings. The van der Waals surface area contributed by atoms with Crippen molar-refractivity contribution < 1.29 is 14.7 Å². The summed E-state index contributed by atoms with van der Waals surface area (Å²) >= 11 is 0. The predicted molar refractivity (Wildman–Crippen MR) is 93.8 cm³/mol. The molecule has 132 valence electrons. The number of carboxylic acid groups (broad SMARTS) is 1. The fourth-order valence-corrected chi connectivity index (χ4v) is 3.26. The number of hydrogen-bond acceptors (Lipinski definition) is 3. The van der Waals surface area contributed by atoms with E-state index >= 15 is 0 Å². The van der Waals surface area contributed by atoms with Crippen LogP contribution in [-0.2, 0) is 16.0 Å². The fraction of sp³-hybridized carbons (Fsp3) is 0.579. The third kappa shape index (κ3) is 5.06. The fourth-order valence-electron chi connectivity index (χ4n) is 3.26. The number of nitrogens with one attached hydrogen (secondary N) is 1. The topological polar surface area (TPSA) is 69.6 Å². The Hall–Kier alpha value is -1.88. The average molecular weight is 332 g/mol. The highest BCUT2D eigenvalue weighted by atomic mass is 16.4. The molecule has 1 aliphatic heterocycles. The second kappa shape index (κ2) is 8.29. The van der Waals surface area contributed by atoms with Gasteiger partial charge in [0.2, 0.25) is 5.91 Å². The van der Waals surface area contributed by atoms with E-state index < -0.39 is 12.0 Å². The van der Waals surface area contributed by atoms with E-state index in [-0.39, 0.29) is 18.5 Å². The molecule has 1 heterocycles. The zero-order valence-electron chi connectivity index (χ0n) is 14.8. The Morgan fingerprint density at radius 2 is 1.92 bits per heavy atom. The predicted octanol–water partition coefficient (Wildman–Crippen LogP) is 2.61. The zero-order valence-corrected chi connectivity index (χ0v) is 14.8. The molecule has 2 atom stereocenters. The first-order valence-electron chi connectivity index (χ1n) is 8.72. The van der Waals surface area contributed by atoms with Crippen molar-refractivity contribution >= 4 is 11.9 Å². The van der Waals surface area contributed by atoms with Crippen LogP contribution in [0, 0.1) is 5.92 Å². The Morgan fingerprint density at radius 1 is 1.25 bits per heavy atom. The van der Waals surface area contributed by atoms with Crippen molar-refractivity contribution in [2.24, 2.45) is 5.92 Å². The second-order valence-corrected chi connectivity index (χ2v) is 7.10. The van der Waals surface area contributed by atoms with E-state index in [1.807, 2.05) is 6.92 Å². The SMILES string of the molecule is CC(C)Cc1ccc(C(C)NC(=O)CN2CCCC2C(=O)O)cc1. The Labute approximate surface area is 144 Å². The number of carbonyl (C=O) groups excluding carboxylic acids is 1. The lowest BCUT2D eigenvalue weighted by Gasteiger charge is -2.22. The zero-order chi connectivity index (χ0) is 17.7. The molecule has 1 saturated heterocycles. The summed E-state index contributed by atoms with van der Waals surface area (Å²) in [7, 11) is 0. The van der Waals surface area contributed by atoms with Gasteiger partial charge in [0.1, 0.15) is 6.04 Å². The maximum absolute atomic E-state index is 12.2. The van der Waals surface area contributed by atoms with E-state index in [2.05, 4.69) is 43.4 Å². The normalized spacial score (nSPS) is 19.4. The summed E-state index contributed by atoms with van der Waals surface area (Å²) in [6, 6.07) is 7.72. The Bertz CT molecular complexity index is 568. The van der Waals surface area contributed by atoms with Crippen LogP contribution in [0.2, 0.25) is 0 Å². The lowest BCUT2D eigenvalue weighted by molar-refractivity contribution is -0.142. The lowest BCUT2D eigenvalue weighted by atomic mass is 10.00.